The molecule has 0 spiro atoms. The van der Waals surface area contributed by atoms with Crippen LogP contribution < -0.4 is 16.2 Å². The first kappa shape index (κ1) is 23.2. The minimum atomic E-state index is -0.750. The Morgan fingerprint density at radius 3 is 2.03 bits per heavy atom. The monoisotopic (exact) mass is 470 g/mol. The first-order valence-electron chi connectivity index (χ1n) is 9.45. The zero-order valence-corrected chi connectivity index (χ0v) is 18.8. The smallest absolute Gasteiger partial charge is 0.253 e. The van der Waals surface area contributed by atoms with E-state index >= 15 is 0 Å². The van der Waals surface area contributed by atoms with Gasteiger partial charge in [-0.25, -0.2) is 0 Å². The van der Waals surface area contributed by atoms with Crippen LogP contribution in [-0.2, 0) is 0 Å². The quantitative estimate of drug-likeness (QED) is 0.281. The number of furan rings is 1. The number of ketones is 1. The van der Waals surface area contributed by atoms with E-state index in [1.807, 2.05) is 24.3 Å². The molecule has 0 bridgehead atoms. The SMILES string of the molecule is COc1ccc(-c2ccccc2Cl)c2c(C(N)=O)c(C(C)=O)oc12.Nc1ccccc1Cl. The highest BCUT2D eigenvalue weighted by Crippen LogP contribution is 2.41. The van der Waals surface area contributed by atoms with Crippen LogP contribution in [0.2, 0.25) is 10.0 Å². The lowest BCUT2D eigenvalue weighted by Crippen LogP contribution is -2.14. The van der Waals surface area contributed by atoms with Crippen LogP contribution in [0.15, 0.2) is 65.1 Å². The molecule has 0 atom stereocenters. The predicted molar refractivity (Wildman–Crippen MR) is 128 cm³/mol. The van der Waals surface area contributed by atoms with Gasteiger partial charge in [-0.05, 0) is 35.9 Å². The fourth-order valence-electron chi connectivity index (χ4n) is 3.20. The van der Waals surface area contributed by atoms with Crippen molar-refractivity contribution in [1.82, 2.24) is 0 Å². The molecule has 164 valence electrons. The number of hydrogen-bond donors (Lipinski definition) is 2. The Kier molecular flexibility index (Phi) is 7.08. The zero-order valence-electron chi connectivity index (χ0n) is 17.3. The third kappa shape index (κ3) is 4.56. The number of nitrogens with two attached hydrogens (primary N) is 2. The number of ether oxygens (including phenoxy) is 1. The molecule has 0 aliphatic rings. The van der Waals surface area contributed by atoms with Gasteiger partial charge < -0.3 is 20.6 Å². The van der Waals surface area contributed by atoms with Crippen LogP contribution in [0, 0.1) is 0 Å². The number of benzene rings is 3. The van der Waals surface area contributed by atoms with Crippen LogP contribution >= 0.6 is 23.2 Å². The van der Waals surface area contributed by atoms with Crippen molar-refractivity contribution in [2.24, 2.45) is 5.73 Å². The van der Waals surface area contributed by atoms with Gasteiger partial charge in [-0.3, -0.25) is 9.59 Å². The second-order valence-corrected chi connectivity index (χ2v) is 7.56. The van der Waals surface area contributed by atoms with E-state index in [1.165, 1.54) is 14.0 Å². The summed E-state index contributed by atoms with van der Waals surface area (Å²) in [6, 6.07) is 17.9. The number of nitrogen functional groups attached to an aromatic ring is 1. The number of anilines is 1. The Labute approximate surface area is 194 Å². The van der Waals surface area contributed by atoms with Gasteiger partial charge in [0, 0.05) is 22.9 Å². The van der Waals surface area contributed by atoms with E-state index in [2.05, 4.69) is 0 Å². The summed E-state index contributed by atoms with van der Waals surface area (Å²) >= 11 is 11.9. The number of amides is 1. The Morgan fingerprint density at radius 2 is 1.53 bits per heavy atom. The summed E-state index contributed by atoms with van der Waals surface area (Å²) < 4.78 is 10.9. The van der Waals surface area contributed by atoms with E-state index in [9.17, 15) is 9.59 Å². The fourth-order valence-corrected chi connectivity index (χ4v) is 3.58. The van der Waals surface area contributed by atoms with Gasteiger partial charge in [0.2, 0.25) is 0 Å². The maximum absolute atomic E-state index is 12.0. The average Bonchev–Trinajstić information content (AvgIpc) is 3.18. The molecule has 0 fully saturated rings. The first-order valence-corrected chi connectivity index (χ1v) is 10.2. The van der Waals surface area contributed by atoms with E-state index in [-0.39, 0.29) is 16.9 Å². The normalized spacial score (nSPS) is 10.4. The van der Waals surface area contributed by atoms with E-state index in [0.29, 0.717) is 38.0 Å². The molecule has 32 heavy (non-hydrogen) atoms. The molecule has 8 heteroatoms. The van der Waals surface area contributed by atoms with Gasteiger partial charge in [0.15, 0.2) is 22.9 Å². The van der Waals surface area contributed by atoms with E-state index in [4.69, 9.17) is 43.8 Å². The number of hydrogen-bond acceptors (Lipinski definition) is 5. The lowest BCUT2D eigenvalue weighted by molar-refractivity contribution is 0.0958. The Balaban J connectivity index is 0.000000305. The number of para-hydroxylation sites is 1. The maximum atomic E-state index is 12.0. The molecule has 0 radical (unpaired) electrons. The highest BCUT2D eigenvalue weighted by Gasteiger charge is 2.27. The average molecular weight is 471 g/mol. The summed E-state index contributed by atoms with van der Waals surface area (Å²) in [5.74, 6) is -0.834. The molecular weight excluding hydrogens is 451 g/mol. The third-order valence-corrected chi connectivity index (χ3v) is 5.33. The molecule has 0 aliphatic heterocycles. The van der Waals surface area contributed by atoms with Crippen molar-refractivity contribution in [3.63, 3.8) is 0 Å². The molecule has 0 saturated carbocycles. The van der Waals surface area contributed by atoms with Gasteiger partial charge in [-0.2, -0.15) is 0 Å². The third-order valence-electron chi connectivity index (χ3n) is 4.66. The molecule has 1 amide bonds. The van der Waals surface area contributed by atoms with Crippen LogP contribution in [0.4, 0.5) is 5.69 Å². The van der Waals surface area contributed by atoms with Crippen molar-refractivity contribution in [3.05, 3.63) is 82.0 Å². The molecule has 1 aromatic heterocycles. The summed E-state index contributed by atoms with van der Waals surface area (Å²) in [6.07, 6.45) is 0. The number of primary amides is 1. The minimum absolute atomic E-state index is 0.0336. The van der Waals surface area contributed by atoms with Crippen molar-refractivity contribution in [1.29, 1.82) is 0 Å². The number of Topliss-reactive ketones (excluding diaryl/α,β-unsaturated/α-hetero) is 1. The Hall–Kier alpha value is -3.48. The molecular formula is C24H20Cl2N2O4. The minimum Gasteiger partial charge on any atom is -0.493 e. The second-order valence-electron chi connectivity index (χ2n) is 6.75. The highest BCUT2D eigenvalue weighted by atomic mass is 35.5. The van der Waals surface area contributed by atoms with Gasteiger partial charge in [0.05, 0.1) is 23.4 Å². The summed E-state index contributed by atoms with van der Waals surface area (Å²) in [4.78, 5) is 23.9. The topological polar surface area (TPSA) is 109 Å². The molecule has 6 nitrogen and oxygen atoms in total. The maximum Gasteiger partial charge on any atom is 0.253 e. The molecule has 0 aliphatic carbocycles. The summed E-state index contributed by atoms with van der Waals surface area (Å²) in [7, 11) is 1.48. The van der Waals surface area contributed by atoms with Gasteiger partial charge in [-0.15, -0.1) is 0 Å². The van der Waals surface area contributed by atoms with Gasteiger partial charge in [-0.1, -0.05) is 53.5 Å². The van der Waals surface area contributed by atoms with Crippen molar-refractivity contribution < 1.29 is 18.7 Å². The zero-order chi connectivity index (χ0) is 23.4. The molecule has 3 aromatic carbocycles. The van der Waals surface area contributed by atoms with Crippen LogP contribution in [0.3, 0.4) is 0 Å². The van der Waals surface area contributed by atoms with Crippen molar-refractivity contribution in [2.45, 2.75) is 6.92 Å². The second kappa shape index (κ2) is 9.77. The highest BCUT2D eigenvalue weighted by molar-refractivity contribution is 6.34. The van der Waals surface area contributed by atoms with Gasteiger partial charge in [0.1, 0.15) is 0 Å². The molecule has 4 N–H and O–H groups in total. The first-order chi connectivity index (χ1) is 15.3. The van der Waals surface area contributed by atoms with Crippen LogP contribution in [0.1, 0.15) is 27.8 Å². The lowest BCUT2D eigenvalue weighted by atomic mass is 9.97. The summed E-state index contributed by atoms with van der Waals surface area (Å²) in [5, 5.41) is 1.54. The summed E-state index contributed by atoms with van der Waals surface area (Å²) in [5.41, 5.74) is 13.2. The number of carbonyl (C=O) groups is 2. The standard InChI is InChI=1S/C18H14ClNO4.C6H6ClN/c1-9(21)16-15(18(20)22)14-11(10-5-3-4-6-12(10)19)7-8-13(23-2)17(14)24-16;7-5-3-1-2-4-6(5)8/h3-8H,1-2H3,(H2,20,22);1-4H,8H2. The number of methoxy groups -OCH3 is 1. The molecule has 4 rings (SSSR count). The molecule has 0 saturated heterocycles. The van der Waals surface area contributed by atoms with Crippen molar-refractivity contribution >= 4 is 51.5 Å². The van der Waals surface area contributed by atoms with Gasteiger partial charge >= 0.3 is 0 Å². The van der Waals surface area contributed by atoms with Crippen LogP contribution in [0.25, 0.3) is 22.1 Å². The van der Waals surface area contributed by atoms with Crippen molar-refractivity contribution in [2.75, 3.05) is 12.8 Å². The summed E-state index contributed by atoms with van der Waals surface area (Å²) in [6.45, 7) is 1.31. The van der Waals surface area contributed by atoms with Crippen molar-refractivity contribution in [3.8, 4) is 16.9 Å². The van der Waals surface area contributed by atoms with E-state index in [1.54, 1.807) is 36.4 Å². The van der Waals surface area contributed by atoms with Gasteiger partial charge in [0.25, 0.3) is 5.91 Å². The Morgan fingerprint density at radius 1 is 0.906 bits per heavy atom. The fraction of sp³-hybridized carbons (Fsp3) is 0.0833. The number of fused-ring (bicyclic) bond motifs is 1. The largest absolute Gasteiger partial charge is 0.493 e. The lowest BCUT2D eigenvalue weighted by Gasteiger charge is -2.09. The van der Waals surface area contributed by atoms with E-state index in [0.717, 1.165) is 0 Å². The van der Waals surface area contributed by atoms with E-state index < -0.39 is 11.7 Å². The van der Waals surface area contributed by atoms with Crippen LogP contribution in [0.5, 0.6) is 5.75 Å². The molecule has 1 heterocycles. The molecule has 4 aromatic rings. The number of halogens is 2. The Bertz CT molecular complexity index is 1290. The van der Waals surface area contributed by atoms with Crippen LogP contribution in [-0.4, -0.2) is 18.8 Å². The predicted octanol–water partition coefficient (Wildman–Crippen LogP) is 5.99. The molecule has 0 unspecified atom stereocenters. The number of rotatable bonds is 4. The number of carbonyl (C=O) groups excluding carboxylic acids is 2.